The Bertz CT molecular complexity index is 1300. The quantitative estimate of drug-likeness (QED) is 0.417. The SMILES string of the molecule is Cc1cc(N)nc(C)c1CNC(=O)Cn1c(C)cc(=O)n(NCC(F)(F)c2ccccn2)c1=O.Cl. The van der Waals surface area contributed by atoms with Crippen LogP contribution in [0.3, 0.4) is 0 Å². The Labute approximate surface area is 205 Å². The van der Waals surface area contributed by atoms with E-state index in [4.69, 9.17) is 5.73 Å². The molecule has 1 amide bonds. The van der Waals surface area contributed by atoms with Crippen molar-refractivity contribution >= 4 is 24.1 Å². The molecule has 0 aliphatic rings. The number of amides is 1. The van der Waals surface area contributed by atoms with Gasteiger partial charge in [0.05, 0.1) is 0 Å². The van der Waals surface area contributed by atoms with E-state index in [1.807, 2.05) is 6.92 Å². The largest absolute Gasteiger partial charge is 0.384 e. The Hall–Kier alpha value is -3.80. The third-order valence-electron chi connectivity index (χ3n) is 5.24. The first-order valence-electron chi connectivity index (χ1n) is 10.4. The van der Waals surface area contributed by atoms with Gasteiger partial charge in [-0.05, 0) is 50.1 Å². The summed E-state index contributed by atoms with van der Waals surface area (Å²) in [4.78, 5) is 45.4. The summed E-state index contributed by atoms with van der Waals surface area (Å²) < 4.78 is 30.3. The average Bonchev–Trinajstić information content (AvgIpc) is 2.76. The van der Waals surface area contributed by atoms with Gasteiger partial charge in [0.25, 0.3) is 5.56 Å². The molecule has 0 fully saturated rings. The van der Waals surface area contributed by atoms with Gasteiger partial charge in [-0.15, -0.1) is 12.4 Å². The van der Waals surface area contributed by atoms with E-state index < -0.39 is 41.9 Å². The lowest BCUT2D eigenvalue weighted by atomic mass is 10.1. The molecule has 3 aromatic rings. The van der Waals surface area contributed by atoms with Crippen LogP contribution in [0.1, 0.15) is 28.2 Å². The number of rotatable bonds is 8. The van der Waals surface area contributed by atoms with Crippen molar-refractivity contribution in [1.29, 1.82) is 0 Å². The predicted molar refractivity (Wildman–Crippen MR) is 129 cm³/mol. The number of hydrogen-bond donors (Lipinski definition) is 3. The molecule has 3 rings (SSSR count). The van der Waals surface area contributed by atoms with E-state index in [1.54, 1.807) is 13.0 Å². The van der Waals surface area contributed by atoms with E-state index in [0.717, 1.165) is 27.8 Å². The molecular formula is C22H26ClF2N7O3. The molecule has 4 N–H and O–H groups in total. The van der Waals surface area contributed by atoms with Gasteiger partial charge >= 0.3 is 11.6 Å². The number of nitrogens with two attached hydrogens (primary N) is 1. The molecule has 0 saturated carbocycles. The number of halogens is 3. The Kier molecular flexibility index (Phi) is 8.69. The highest BCUT2D eigenvalue weighted by molar-refractivity contribution is 5.85. The highest BCUT2D eigenvalue weighted by atomic mass is 35.5. The van der Waals surface area contributed by atoms with Crippen LogP contribution in [0.2, 0.25) is 0 Å². The third kappa shape index (κ3) is 6.41. The number of nitrogens with zero attached hydrogens (tertiary/aromatic N) is 4. The van der Waals surface area contributed by atoms with Crippen LogP contribution in [-0.4, -0.2) is 31.7 Å². The lowest BCUT2D eigenvalue weighted by molar-refractivity contribution is -0.121. The number of nitrogen functional groups attached to an aromatic ring is 1. The monoisotopic (exact) mass is 509 g/mol. The van der Waals surface area contributed by atoms with Crippen molar-refractivity contribution in [3.05, 3.63) is 85.6 Å². The molecule has 13 heteroatoms. The molecule has 0 radical (unpaired) electrons. The van der Waals surface area contributed by atoms with Gasteiger partial charge in [-0.2, -0.15) is 13.5 Å². The lowest BCUT2D eigenvalue weighted by Crippen LogP contribution is -2.48. The summed E-state index contributed by atoms with van der Waals surface area (Å²) in [5.41, 5.74) is 8.11. The Morgan fingerprint density at radius 3 is 2.51 bits per heavy atom. The second-order valence-electron chi connectivity index (χ2n) is 7.79. The summed E-state index contributed by atoms with van der Waals surface area (Å²) in [5.74, 6) is -3.58. The molecule has 0 atom stereocenters. The number of hydrogen-bond acceptors (Lipinski definition) is 7. The number of alkyl halides is 2. The standard InChI is InChI=1S/C22H25F2N7O3.ClH/c1-13-8-18(25)29-15(3)16(13)10-27-19(32)11-30-14(2)9-20(33)31(21(30)34)28-12-22(23,24)17-6-4-5-7-26-17;/h4-9,28H,10-12H2,1-3H3,(H2,25,29)(H,27,32);1H. The summed E-state index contributed by atoms with van der Waals surface area (Å²) in [6.45, 7) is 3.78. The molecular weight excluding hydrogens is 484 g/mol. The zero-order valence-electron chi connectivity index (χ0n) is 19.3. The smallest absolute Gasteiger partial charge is 0.350 e. The van der Waals surface area contributed by atoms with Crippen LogP contribution in [0.25, 0.3) is 0 Å². The van der Waals surface area contributed by atoms with Crippen molar-refractivity contribution in [2.75, 3.05) is 17.7 Å². The molecule has 3 aromatic heterocycles. The van der Waals surface area contributed by atoms with Gasteiger partial charge in [-0.3, -0.25) is 19.1 Å². The normalized spacial score (nSPS) is 11.0. The van der Waals surface area contributed by atoms with Gasteiger partial charge in [0.15, 0.2) is 0 Å². The van der Waals surface area contributed by atoms with Crippen molar-refractivity contribution in [1.82, 2.24) is 24.5 Å². The Morgan fingerprint density at radius 1 is 1.17 bits per heavy atom. The first kappa shape index (κ1) is 27.4. The van der Waals surface area contributed by atoms with Crippen LogP contribution < -0.4 is 27.7 Å². The third-order valence-corrected chi connectivity index (χ3v) is 5.24. The number of carbonyl (C=O) groups is 1. The maximum Gasteiger partial charge on any atom is 0.350 e. The molecule has 0 bridgehead atoms. The fraction of sp³-hybridized carbons (Fsp3) is 0.318. The molecule has 0 spiro atoms. The molecule has 3 heterocycles. The molecule has 0 saturated heterocycles. The van der Waals surface area contributed by atoms with Crippen molar-refractivity contribution < 1.29 is 13.6 Å². The van der Waals surface area contributed by atoms with E-state index in [1.165, 1.54) is 25.3 Å². The maximum absolute atomic E-state index is 14.4. The lowest BCUT2D eigenvalue weighted by Gasteiger charge is -2.19. The van der Waals surface area contributed by atoms with E-state index in [0.29, 0.717) is 16.2 Å². The second kappa shape index (κ2) is 11.1. The van der Waals surface area contributed by atoms with Crippen molar-refractivity contribution in [2.45, 2.75) is 39.8 Å². The number of aryl methyl sites for hydroxylation is 3. The second-order valence-corrected chi connectivity index (χ2v) is 7.79. The van der Waals surface area contributed by atoms with E-state index in [2.05, 4.69) is 20.7 Å². The zero-order chi connectivity index (χ0) is 25.0. The predicted octanol–water partition coefficient (Wildman–Crippen LogP) is 1.38. The van der Waals surface area contributed by atoms with E-state index >= 15 is 0 Å². The number of carbonyl (C=O) groups excluding carboxylic acids is 1. The van der Waals surface area contributed by atoms with E-state index in [-0.39, 0.29) is 24.6 Å². The zero-order valence-corrected chi connectivity index (χ0v) is 20.2. The number of aromatic nitrogens is 4. The van der Waals surface area contributed by atoms with Gasteiger partial charge < -0.3 is 16.5 Å². The number of nitrogens with one attached hydrogen (secondary N) is 2. The van der Waals surface area contributed by atoms with Gasteiger partial charge in [0, 0.05) is 30.2 Å². The van der Waals surface area contributed by atoms with Gasteiger partial charge in [0.2, 0.25) is 5.91 Å². The molecule has 188 valence electrons. The summed E-state index contributed by atoms with van der Waals surface area (Å²) in [6.07, 6.45) is 1.22. The minimum atomic E-state index is -3.44. The number of anilines is 1. The molecule has 35 heavy (non-hydrogen) atoms. The fourth-order valence-electron chi connectivity index (χ4n) is 3.41. The fourth-order valence-corrected chi connectivity index (χ4v) is 3.41. The van der Waals surface area contributed by atoms with Gasteiger partial charge in [0.1, 0.15) is 24.6 Å². The minimum Gasteiger partial charge on any atom is -0.384 e. The van der Waals surface area contributed by atoms with Crippen molar-refractivity contribution in [2.24, 2.45) is 0 Å². The molecule has 0 unspecified atom stereocenters. The highest BCUT2D eigenvalue weighted by Gasteiger charge is 2.33. The molecule has 0 aliphatic heterocycles. The van der Waals surface area contributed by atoms with Crippen molar-refractivity contribution in [3.8, 4) is 0 Å². The average molecular weight is 510 g/mol. The highest BCUT2D eigenvalue weighted by Crippen LogP contribution is 2.24. The van der Waals surface area contributed by atoms with Crippen molar-refractivity contribution in [3.63, 3.8) is 0 Å². The molecule has 0 aromatic carbocycles. The van der Waals surface area contributed by atoms with Crippen LogP contribution in [0.4, 0.5) is 14.6 Å². The van der Waals surface area contributed by atoms with Crippen LogP contribution in [0, 0.1) is 20.8 Å². The first-order valence-corrected chi connectivity index (χ1v) is 10.4. The minimum absolute atomic E-state index is 0. The van der Waals surface area contributed by atoms with Gasteiger partial charge in [-0.25, -0.2) is 9.78 Å². The summed E-state index contributed by atoms with van der Waals surface area (Å²) in [6, 6.07) is 6.81. The van der Waals surface area contributed by atoms with Crippen LogP contribution in [-0.2, 0) is 23.8 Å². The molecule has 0 aliphatic carbocycles. The maximum atomic E-state index is 14.4. The topological polar surface area (TPSA) is 137 Å². The summed E-state index contributed by atoms with van der Waals surface area (Å²) in [7, 11) is 0. The summed E-state index contributed by atoms with van der Waals surface area (Å²) in [5, 5.41) is 2.70. The van der Waals surface area contributed by atoms with E-state index in [9.17, 15) is 23.2 Å². The Morgan fingerprint density at radius 2 is 1.89 bits per heavy atom. The first-order chi connectivity index (χ1) is 16.0. The Balaban J connectivity index is 0.00000432. The number of pyridine rings is 2. The van der Waals surface area contributed by atoms with Crippen LogP contribution in [0.5, 0.6) is 0 Å². The summed E-state index contributed by atoms with van der Waals surface area (Å²) >= 11 is 0. The van der Waals surface area contributed by atoms with Crippen LogP contribution >= 0.6 is 12.4 Å². The van der Waals surface area contributed by atoms with Crippen LogP contribution in [0.15, 0.2) is 46.1 Å². The molecule has 10 nitrogen and oxygen atoms in total. The van der Waals surface area contributed by atoms with Gasteiger partial charge in [-0.1, -0.05) is 6.07 Å².